The molecular formula is C11H12N6. The fourth-order valence-corrected chi connectivity index (χ4v) is 1.65. The molecule has 0 atom stereocenters. The zero-order valence-corrected chi connectivity index (χ0v) is 9.60. The number of aromatic amines is 2. The molecule has 3 rings (SSSR count). The Morgan fingerprint density at radius 2 is 2.06 bits per heavy atom. The van der Waals surface area contributed by atoms with Crippen LogP contribution in [0.5, 0.6) is 0 Å². The third kappa shape index (κ3) is 1.63. The van der Waals surface area contributed by atoms with E-state index in [0.717, 1.165) is 22.7 Å². The highest BCUT2D eigenvalue weighted by molar-refractivity contribution is 5.77. The second kappa shape index (κ2) is 3.58. The van der Waals surface area contributed by atoms with Crippen molar-refractivity contribution in [3.05, 3.63) is 24.5 Å². The van der Waals surface area contributed by atoms with Gasteiger partial charge in [-0.3, -0.25) is 5.10 Å². The normalized spacial score (nSPS) is 10.9. The van der Waals surface area contributed by atoms with Crippen molar-refractivity contribution in [3.63, 3.8) is 0 Å². The first-order valence-corrected chi connectivity index (χ1v) is 5.27. The van der Waals surface area contributed by atoms with Gasteiger partial charge in [-0.2, -0.15) is 5.10 Å². The van der Waals surface area contributed by atoms with Gasteiger partial charge in [-0.25, -0.2) is 9.97 Å². The van der Waals surface area contributed by atoms with E-state index >= 15 is 0 Å². The molecule has 6 nitrogen and oxygen atoms in total. The Bertz CT molecular complexity index is 637. The quantitative estimate of drug-likeness (QED) is 0.695. The lowest BCUT2D eigenvalue weighted by atomic mass is 10.3. The Balaban J connectivity index is 2.13. The summed E-state index contributed by atoms with van der Waals surface area (Å²) in [5.41, 5.74) is 2.56. The number of nitrogens with one attached hydrogen (secondary N) is 2. The molecular weight excluding hydrogens is 216 g/mol. The van der Waals surface area contributed by atoms with Crippen LogP contribution in [0.1, 0.15) is 0 Å². The largest absolute Gasteiger partial charge is 0.363 e. The fourth-order valence-electron chi connectivity index (χ4n) is 1.65. The Hall–Kier alpha value is -2.37. The SMILES string of the molecule is CN(C)c1ccc2[nH]c(-c3cn[nH]c3)nc2n1. The summed E-state index contributed by atoms with van der Waals surface area (Å²) < 4.78 is 0. The second-order valence-corrected chi connectivity index (χ2v) is 4.01. The van der Waals surface area contributed by atoms with Gasteiger partial charge in [0.2, 0.25) is 0 Å². The van der Waals surface area contributed by atoms with Gasteiger partial charge in [0.05, 0.1) is 17.3 Å². The Morgan fingerprint density at radius 1 is 1.18 bits per heavy atom. The number of aromatic nitrogens is 5. The van der Waals surface area contributed by atoms with Crippen molar-refractivity contribution in [1.82, 2.24) is 25.1 Å². The molecule has 17 heavy (non-hydrogen) atoms. The van der Waals surface area contributed by atoms with Crippen molar-refractivity contribution < 1.29 is 0 Å². The average molecular weight is 228 g/mol. The number of nitrogens with zero attached hydrogens (tertiary/aromatic N) is 4. The van der Waals surface area contributed by atoms with Crippen LogP contribution in [0.2, 0.25) is 0 Å². The molecule has 86 valence electrons. The summed E-state index contributed by atoms with van der Waals surface area (Å²) in [4.78, 5) is 14.1. The number of fused-ring (bicyclic) bond motifs is 1. The topological polar surface area (TPSA) is 73.5 Å². The van der Waals surface area contributed by atoms with Gasteiger partial charge in [0, 0.05) is 20.3 Å². The van der Waals surface area contributed by atoms with E-state index in [4.69, 9.17) is 0 Å². The predicted octanol–water partition coefficient (Wildman–Crippen LogP) is 1.41. The van der Waals surface area contributed by atoms with Crippen LogP contribution in [0, 0.1) is 0 Å². The molecule has 0 aliphatic heterocycles. The van der Waals surface area contributed by atoms with E-state index in [2.05, 4.69) is 25.1 Å². The van der Waals surface area contributed by atoms with Gasteiger partial charge in [-0.15, -0.1) is 0 Å². The van der Waals surface area contributed by atoms with E-state index < -0.39 is 0 Å². The smallest absolute Gasteiger partial charge is 0.180 e. The minimum Gasteiger partial charge on any atom is -0.363 e. The molecule has 0 saturated heterocycles. The third-order valence-electron chi connectivity index (χ3n) is 2.56. The maximum atomic E-state index is 4.46. The monoisotopic (exact) mass is 228 g/mol. The summed E-state index contributed by atoms with van der Waals surface area (Å²) in [7, 11) is 3.91. The van der Waals surface area contributed by atoms with Gasteiger partial charge in [0.1, 0.15) is 11.6 Å². The lowest BCUT2D eigenvalue weighted by Crippen LogP contribution is -2.10. The van der Waals surface area contributed by atoms with Gasteiger partial charge in [-0.1, -0.05) is 0 Å². The van der Waals surface area contributed by atoms with Gasteiger partial charge >= 0.3 is 0 Å². The number of imidazole rings is 1. The number of pyridine rings is 1. The molecule has 0 amide bonds. The molecule has 3 aromatic heterocycles. The molecule has 0 bridgehead atoms. The number of anilines is 1. The highest BCUT2D eigenvalue weighted by atomic mass is 15.2. The van der Waals surface area contributed by atoms with E-state index in [-0.39, 0.29) is 0 Å². The molecule has 0 saturated carbocycles. The van der Waals surface area contributed by atoms with Crippen LogP contribution in [0.25, 0.3) is 22.6 Å². The lowest BCUT2D eigenvalue weighted by Gasteiger charge is -2.09. The van der Waals surface area contributed by atoms with E-state index in [9.17, 15) is 0 Å². The molecule has 0 aliphatic carbocycles. The highest BCUT2D eigenvalue weighted by Crippen LogP contribution is 2.20. The van der Waals surface area contributed by atoms with E-state index in [1.807, 2.05) is 31.1 Å². The molecule has 0 fully saturated rings. The minimum absolute atomic E-state index is 0.715. The average Bonchev–Trinajstić information content (AvgIpc) is 2.96. The van der Waals surface area contributed by atoms with Crippen molar-refractivity contribution in [2.75, 3.05) is 19.0 Å². The van der Waals surface area contributed by atoms with Crippen LogP contribution in [0.3, 0.4) is 0 Å². The van der Waals surface area contributed by atoms with Crippen LogP contribution < -0.4 is 4.90 Å². The summed E-state index contributed by atoms with van der Waals surface area (Å²) in [6, 6.07) is 3.94. The van der Waals surface area contributed by atoms with Crippen molar-refractivity contribution in [3.8, 4) is 11.4 Å². The van der Waals surface area contributed by atoms with Gasteiger partial charge in [-0.05, 0) is 12.1 Å². The predicted molar refractivity (Wildman–Crippen MR) is 65.8 cm³/mol. The number of H-pyrrole nitrogens is 2. The minimum atomic E-state index is 0.715. The van der Waals surface area contributed by atoms with Crippen LogP contribution in [0.4, 0.5) is 5.82 Å². The summed E-state index contributed by atoms with van der Waals surface area (Å²) in [6.07, 6.45) is 3.52. The molecule has 0 aromatic carbocycles. The zero-order chi connectivity index (χ0) is 11.8. The molecule has 0 spiro atoms. The molecule has 0 unspecified atom stereocenters. The summed E-state index contributed by atoms with van der Waals surface area (Å²) >= 11 is 0. The Kier molecular flexibility index (Phi) is 2.07. The summed E-state index contributed by atoms with van der Waals surface area (Å²) in [5, 5.41) is 6.66. The van der Waals surface area contributed by atoms with Crippen LogP contribution >= 0.6 is 0 Å². The maximum Gasteiger partial charge on any atom is 0.180 e. The molecule has 0 aliphatic rings. The van der Waals surface area contributed by atoms with Crippen molar-refractivity contribution in [2.24, 2.45) is 0 Å². The standard InChI is InChI=1S/C11H12N6/c1-17(2)9-4-3-8-11(15-9)16-10(14-8)7-5-12-13-6-7/h3-6H,1-2H3,(H,12,13)(H,14,15,16). The van der Waals surface area contributed by atoms with Crippen LogP contribution in [0.15, 0.2) is 24.5 Å². The van der Waals surface area contributed by atoms with E-state index in [1.54, 1.807) is 12.4 Å². The van der Waals surface area contributed by atoms with Crippen molar-refractivity contribution in [2.45, 2.75) is 0 Å². The first kappa shape index (κ1) is 9.83. The van der Waals surface area contributed by atoms with Crippen molar-refractivity contribution >= 4 is 17.0 Å². The first-order chi connectivity index (χ1) is 8.24. The second-order valence-electron chi connectivity index (χ2n) is 4.01. The zero-order valence-electron chi connectivity index (χ0n) is 9.60. The molecule has 0 radical (unpaired) electrons. The van der Waals surface area contributed by atoms with Gasteiger partial charge in [0.25, 0.3) is 0 Å². The van der Waals surface area contributed by atoms with E-state index in [1.165, 1.54) is 0 Å². The maximum absolute atomic E-state index is 4.46. The summed E-state index contributed by atoms with van der Waals surface area (Å²) in [6.45, 7) is 0. The van der Waals surface area contributed by atoms with Gasteiger partial charge < -0.3 is 9.88 Å². The van der Waals surface area contributed by atoms with Crippen LogP contribution in [-0.4, -0.2) is 39.2 Å². The number of hydrogen-bond acceptors (Lipinski definition) is 4. The van der Waals surface area contributed by atoms with Gasteiger partial charge in [0.15, 0.2) is 5.65 Å². The number of rotatable bonds is 2. The molecule has 3 heterocycles. The lowest BCUT2D eigenvalue weighted by molar-refractivity contribution is 1.08. The molecule has 6 heteroatoms. The van der Waals surface area contributed by atoms with Crippen LogP contribution in [-0.2, 0) is 0 Å². The van der Waals surface area contributed by atoms with E-state index in [0.29, 0.717) is 5.65 Å². The Labute approximate surface area is 97.7 Å². The molecule has 2 N–H and O–H groups in total. The third-order valence-corrected chi connectivity index (χ3v) is 2.56. The van der Waals surface area contributed by atoms with Crippen molar-refractivity contribution in [1.29, 1.82) is 0 Å². The number of hydrogen-bond donors (Lipinski definition) is 2. The molecule has 3 aromatic rings. The Morgan fingerprint density at radius 3 is 2.76 bits per heavy atom. The first-order valence-electron chi connectivity index (χ1n) is 5.27. The highest BCUT2D eigenvalue weighted by Gasteiger charge is 2.08. The summed E-state index contributed by atoms with van der Waals surface area (Å²) in [5.74, 6) is 1.67. The fraction of sp³-hybridized carbons (Fsp3) is 0.182.